The van der Waals surface area contributed by atoms with Gasteiger partial charge in [0.1, 0.15) is 0 Å². The van der Waals surface area contributed by atoms with Crippen LogP contribution in [0.4, 0.5) is 5.69 Å². The second-order valence-electron chi connectivity index (χ2n) is 7.70. The number of nitrogens with zero attached hydrogens (tertiary/aromatic N) is 1. The van der Waals surface area contributed by atoms with Crippen molar-refractivity contribution in [1.82, 2.24) is 4.90 Å². The number of hydrogen-bond donors (Lipinski definition) is 2. The van der Waals surface area contributed by atoms with Gasteiger partial charge in [-0.3, -0.25) is 9.69 Å². The third kappa shape index (κ3) is 6.31. The largest absolute Gasteiger partial charge is 0.381 e. The summed E-state index contributed by atoms with van der Waals surface area (Å²) in [6.45, 7) is 8.48. The van der Waals surface area contributed by atoms with Gasteiger partial charge < -0.3 is 20.5 Å². The van der Waals surface area contributed by atoms with Crippen molar-refractivity contribution in [2.24, 2.45) is 11.1 Å². The summed E-state index contributed by atoms with van der Waals surface area (Å²) in [7, 11) is 0. The molecule has 2 atom stereocenters. The number of carbonyl (C=O) groups excluding carboxylic acids is 1. The highest BCUT2D eigenvalue weighted by Gasteiger charge is 2.38. The van der Waals surface area contributed by atoms with Gasteiger partial charge in [0.15, 0.2) is 0 Å². The zero-order valence-corrected chi connectivity index (χ0v) is 18.3. The third-order valence-electron chi connectivity index (χ3n) is 5.41. The Morgan fingerprint density at radius 3 is 2.46 bits per heavy atom. The molecule has 0 radical (unpaired) electrons. The molecule has 1 aromatic carbocycles. The van der Waals surface area contributed by atoms with E-state index in [9.17, 15) is 4.79 Å². The van der Waals surface area contributed by atoms with E-state index < -0.39 is 5.41 Å². The van der Waals surface area contributed by atoms with Crippen LogP contribution in [0.5, 0.6) is 0 Å². The Balaban J connectivity index is 0.00000196. The molecule has 0 bridgehead atoms. The van der Waals surface area contributed by atoms with Crippen molar-refractivity contribution >= 4 is 36.4 Å². The predicted octanol–water partition coefficient (Wildman–Crippen LogP) is 2.83. The van der Waals surface area contributed by atoms with Gasteiger partial charge in [0.2, 0.25) is 5.91 Å². The van der Waals surface area contributed by atoms with Crippen molar-refractivity contribution in [3.63, 3.8) is 0 Å². The van der Waals surface area contributed by atoms with E-state index in [1.54, 1.807) is 0 Å². The molecule has 8 heteroatoms. The maximum Gasteiger partial charge on any atom is 0.232 e. The van der Waals surface area contributed by atoms with Crippen molar-refractivity contribution in [2.45, 2.75) is 45.4 Å². The molecule has 6 nitrogen and oxygen atoms in total. The molecule has 2 heterocycles. The van der Waals surface area contributed by atoms with E-state index in [1.165, 1.54) is 5.56 Å². The van der Waals surface area contributed by atoms with Crippen LogP contribution in [0.15, 0.2) is 24.3 Å². The molecule has 3 rings (SSSR count). The molecule has 0 saturated carbocycles. The minimum atomic E-state index is -0.511. The minimum absolute atomic E-state index is 0. The molecular formula is C20H33Cl2N3O3. The summed E-state index contributed by atoms with van der Waals surface area (Å²) >= 11 is 0. The van der Waals surface area contributed by atoms with Gasteiger partial charge >= 0.3 is 0 Å². The first-order valence-electron chi connectivity index (χ1n) is 9.57. The minimum Gasteiger partial charge on any atom is -0.381 e. The van der Waals surface area contributed by atoms with Crippen LogP contribution in [0.1, 0.15) is 32.3 Å². The second-order valence-corrected chi connectivity index (χ2v) is 7.70. The number of halogens is 2. The molecule has 0 aromatic heterocycles. The Morgan fingerprint density at radius 2 is 1.86 bits per heavy atom. The van der Waals surface area contributed by atoms with E-state index in [-0.39, 0.29) is 42.9 Å². The molecule has 2 saturated heterocycles. The standard InChI is InChI=1S/C20H31N3O3.2ClH/c1-15-11-23(12-16(2)26-15)13-17-4-3-5-18(10-17)22-19(24)20(14-21)6-8-25-9-7-20;;/h3-5,10,15-16H,6-9,11-14,21H2,1-2H3,(H,22,24);2*1H. The lowest BCUT2D eigenvalue weighted by atomic mass is 9.79. The Morgan fingerprint density at radius 1 is 1.21 bits per heavy atom. The molecule has 28 heavy (non-hydrogen) atoms. The van der Waals surface area contributed by atoms with Crippen LogP contribution in [0.2, 0.25) is 0 Å². The van der Waals surface area contributed by atoms with Gasteiger partial charge in [0.25, 0.3) is 0 Å². The topological polar surface area (TPSA) is 76.8 Å². The number of benzene rings is 1. The van der Waals surface area contributed by atoms with E-state index in [0.29, 0.717) is 32.6 Å². The Hall–Kier alpha value is -0.890. The van der Waals surface area contributed by atoms with Gasteiger partial charge in [0, 0.05) is 45.1 Å². The molecule has 2 unspecified atom stereocenters. The number of ether oxygens (including phenoxy) is 2. The molecule has 0 spiro atoms. The molecule has 2 fully saturated rings. The van der Waals surface area contributed by atoms with Gasteiger partial charge in [-0.05, 0) is 44.4 Å². The SMILES string of the molecule is CC1CN(Cc2cccc(NC(=O)C3(CN)CCOCC3)c2)CC(C)O1.Cl.Cl. The summed E-state index contributed by atoms with van der Waals surface area (Å²) in [6, 6.07) is 8.10. The van der Waals surface area contributed by atoms with E-state index in [2.05, 4.69) is 36.2 Å². The molecule has 0 aliphatic carbocycles. The molecule has 1 aromatic rings. The molecule has 2 aliphatic heterocycles. The van der Waals surface area contributed by atoms with Crippen LogP contribution >= 0.6 is 24.8 Å². The van der Waals surface area contributed by atoms with E-state index >= 15 is 0 Å². The molecule has 160 valence electrons. The number of morpholine rings is 1. The van der Waals surface area contributed by atoms with Crippen molar-refractivity contribution in [2.75, 3.05) is 38.2 Å². The van der Waals surface area contributed by atoms with Gasteiger partial charge in [-0.2, -0.15) is 0 Å². The number of anilines is 1. The van der Waals surface area contributed by atoms with Crippen LogP contribution in [0.25, 0.3) is 0 Å². The van der Waals surface area contributed by atoms with Gasteiger partial charge in [-0.15, -0.1) is 24.8 Å². The van der Waals surface area contributed by atoms with Crippen LogP contribution in [-0.2, 0) is 20.8 Å². The quantitative estimate of drug-likeness (QED) is 0.746. The fourth-order valence-electron chi connectivity index (χ4n) is 3.97. The number of amides is 1. The number of nitrogens with two attached hydrogens (primary N) is 1. The van der Waals surface area contributed by atoms with Gasteiger partial charge in [-0.1, -0.05) is 12.1 Å². The van der Waals surface area contributed by atoms with Crippen LogP contribution in [0, 0.1) is 5.41 Å². The van der Waals surface area contributed by atoms with Crippen molar-refractivity contribution < 1.29 is 14.3 Å². The number of nitrogens with one attached hydrogen (secondary N) is 1. The van der Waals surface area contributed by atoms with Crippen LogP contribution in [0.3, 0.4) is 0 Å². The first-order valence-corrected chi connectivity index (χ1v) is 9.57. The Kier molecular flexibility index (Phi) is 10.2. The zero-order chi connectivity index (χ0) is 18.6. The molecule has 1 amide bonds. The second kappa shape index (κ2) is 11.3. The normalized spacial score (nSPS) is 24.5. The lowest BCUT2D eigenvalue weighted by Gasteiger charge is -2.35. The summed E-state index contributed by atoms with van der Waals surface area (Å²) in [5.74, 6) is 0.00840. The highest BCUT2D eigenvalue weighted by Crippen LogP contribution is 2.31. The first kappa shape index (κ1) is 25.1. The Bertz CT molecular complexity index is 616. The zero-order valence-electron chi connectivity index (χ0n) is 16.7. The average Bonchev–Trinajstić information content (AvgIpc) is 2.61. The summed E-state index contributed by atoms with van der Waals surface area (Å²) in [6.07, 6.45) is 1.86. The fourth-order valence-corrected chi connectivity index (χ4v) is 3.97. The van der Waals surface area contributed by atoms with Crippen molar-refractivity contribution in [1.29, 1.82) is 0 Å². The highest BCUT2D eigenvalue weighted by atomic mass is 35.5. The highest BCUT2D eigenvalue weighted by molar-refractivity contribution is 5.95. The van der Waals surface area contributed by atoms with Gasteiger partial charge in [-0.25, -0.2) is 0 Å². The van der Waals surface area contributed by atoms with Crippen LogP contribution < -0.4 is 11.1 Å². The van der Waals surface area contributed by atoms with Gasteiger partial charge in [0.05, 0.1) is 17.6 Å². The summed E-state index contributed by atoms with van der Waals surface area (Å²) in [5, 5.41) is 3.08. The fraction of sp³-hybridized carbons (Fsp3) is 0.650. The predicted molar refractivity (Wildman–Crippen MR) is 116 cm³/mol. The molecular weight excluding hydrogens is 401 g/mol. The number of rotatable bonds is 5. The van der Waals surface area contributed by atoms with Crippen molar-refractivity contribution in [3.8, 4) is 0 Å². The summed E-state index contributed by atoms with van der Waals surface area (Å²) in [5.41, 5.74) is 7.45. The lowest BCUT2D eigenvalue weighted by molar-refractivity contribution is -0.130. The monoisotopic (exact) mass is 433 g/mol. The van der Waals surface area contributed by atoms with E-state index in [0.717, 1.165) is 25.3 Å². The molecule has 2 aliphatic rings. The van der Waals surface area contributed by atoms with Crippen molar-refractivity contribution in [3.05, 3.63) is 29.8 Å². The smallest absolute Gasteiger partial charge is 0.232 e. The average molecular weight is 434 g/mol. The maximum atomic E-state index is 12.8. The summed E-state index contributed by atoms with van der Waals surface area (Å²) < 4.78 is 11.2. The van der Waals surface area contributed by atoms with E-state index in [1.807, 2.05) is 12.1 Å². The Labute approximate surface area is 180 Å². The number of carbonyl (C=O) groups is 1. The first-order chi connectivity index (χ1) is 12.5. The van der Waals surface area contributed by atoms with E-state index in [4.69, 9.17) is 15.2 Å². The molecule has 3 N–H and O–H groups in total. The maximum absolute atomic E-state index is 12.8. The lowest BCUT2D eigenvalue weighted by Crippen LogP contribution is -2.46. The van der Waals surface area contributed by atoms with Crippen LogP contribution in [-0.4, -0.2) is 55.9 Å². The number of hydrogen-bond acceptors (Lipinski definition) is 5. The summed E-state index contributed by atoms with van der Waals surface area (Å²) in [4.78, 5) is 15.2. The third-order valence-corrected chi connectivity index (χ3v) is 5.41.